The molecule has 10 rings (SSSR count). The second-order valence-corrected chi connectivity index (χ2v) is 14.4. The third kappa shape index (κ3) is 5.24. The van der Waals surface area contributed by atoms with Crippen LogP contribution in [0.3, 0.4) is 0 Å². The molecule has 0 aliphatic heterocycles. The molecule has 0 unspecified atom stereocenters. The van der Waals surface area contributed by atoms with Gasteiger partial charge in [0.15, 0.2) is 0 Å². The Labute approximate surface area is 307 Å². The van der Waals surface area contributed by atoms with Gasteiger partial charge in [0.1, 0.15) is 0 Å². The van der Waals surface area contributed by atoms with Crippen molar-refractivity contribution in [2.24, 2.45) is 0 Å². The topological polar surface area (TPSA) is 3.24 Å². The predicted molar refractivity (Wildman–Crippen MR) is 225 cm³/mol. The first kappa shape index (κ1) is 30.4. The number of hydrogen-bond acceptors (Lipinski definition) is 2. The fourth-order valence-electron chi connectivity index (χ4n) is 7.81. The second kappa shape index (κ2) is 12.7. The molecule has 1 aromatic heterocycles. The summed E-state index contributed by atoms with van der Waals surface area (Å²) in [6.45, 7) is 0. The van der Waals surface area contributed by atoms with Crippen molar-refractivity contribution >= 4 is 70.1 Å². The Hall–Kier alpha value is -6.48. The highest BCUT2D eigenvalue weighted by Crippen LogP contribution is 2.43. The number of fused-ring (bicyclic) bond motifs is 5. The standard InChI is InChI=1S/C50H33NS/c1-3-17-42-34(11-1)13-8-20-44(42)36-25-29-39(30-26-36)51(40-31-27-37(28-32-40)45-21-9-14-35-12-2-4-18-43(35)45)41-16-7-15-38(33-41)46-22-10-24-49-50(46)47-19-5-6-23-48(47)52-49/h1-33H. The van der Waals surface area contributed by atoms with Gasteiger partial charge in [0.05, 0.1) is 0 Å². The van der Waals surface area contributed by atoms with Gasteiger partial charge in [0.25, 0.3) is 0 Å². The van der Waals surface area contributed by atoms with Gasteiger partial charge in [-0.1, -0.05) is 152 Å². The van der Waals surface area contributed by atoms with Crippen molar-refractivity contribution in [2.45, 2.75) is 0 Å². The van der Waals surface area contributed by atoms with Gasteiger partial charge in [-0.2, -0.15) is 0 Å². The normalized spacial score (nSPS) is 11.5. The SMILES string of the molecule is c1cc(-c2cccc3sc4ccccc4c23)cc(N(c2ccc(-c3cccc4ccccc34)cc2)c2ccc(-c3cccc4ccccc34)cc2)c1. The average Bonchev–Trinajstić information content (AvgIpc) is 3.60. The summed E-state index contributed by atoms with van der Waals surface area (Å²) in [6, 6.07) is 72.9. The third-order valence-corrected chi connectivity index (χ3v) is 11.4. The quantitative estimate of drug-likeness (QED) is 0.169. The smallest absolute Gasteiger partial charge is 0.0467 e. The lowest BCUT2D eigenvalue weighted by molar-refractivity contribution is 1.28. The maximum absolute atomic E-state index is 2.38. The highest BCUT2D eigenvalue weighted by molar-refractivity contribution is 7.25. The van der Waals surface area contributed by atoms with Crippen LogP contribution in [0.1, 0.15) is 0 Å². The number of benzene rings is 9. The average molecular weight is 680 g/mol. The molecule has 244 valence electrons. The van der Waals surface area contributed by atoms with Crippen molar-refractivity contribution in [2.75, 3.05) is 4.90 Å². The second-order valence-electron chi connectivity index (χ2n) is 13.3. The molecule has 2 heteroatoms. The lowest BCUT2D eigenvalue weighted by Crippen LogP contribution is -2.10. The molecule has 0 N–H and O–H groups in total. The maximum atomic E-state index is 2.38. The molecule has 0 amide bonds. The first-order valence-electron chi connectivity index (χ1n) is 17.8. The summed E-state index contributed by atoms with van der Waals surface area (Å²) in [4.78, 5) is 2.38. The van der Waals surface area contributed by atoms with Crippen LogP contribution in [-0.4, -0.2) is 0 Å². The minimum atomic E-state index is 1.11. The van der Waals surface area contributed by atoms with Gasteiger partial charge in [0, 0.05) is 37.2 Å². The summed E-state index contributed by atoms with van der Waals surface area (Å²) in [5.41, 5.74) is 10.7. The Morgan fingerprint density at radius 1 is 0.308 bits per heavy atom. The number of nitrogens with zero attached hydrogens (tertiary/aromatic N) is 1. The molecule has 1 heterocycles. The zero-order valence-electron chi connectivity index (χ0n) is 28.4. The number of thiophene rings is 1. The van der Waals surface area contributed by atoms with E-state index in [1.54, 1.807) is 0 Å². The van der Waals surface area contributed by atoms with E-state index in [1.165, 1.54) is 75.1 Å². The fraction of sp³-hybridized carbons (Fsp3) is 0. The highest BCUT2D eigenvalue weighted by Gasteiger charge is 2.17. The lowest BCUT2D eigenvalue weighted by atomic mass is 9.97. The molecule has 0 bridgehead atoms. The molecule has 0 spiro atoms. The van der Waals surface area contributed by atoms with E-state index in [0.717, 1.165) is 17.1 Å². The monoisotopic (exact) mass is 679 g/mol. The van der Waals surface area contributed by atoms with Crippen LogP contribution >= 0.6 is 11.3 Å². The zero-order chi connectivity index (χ0) is 34.4. The predicted octanol–water partition coefficient (Wildman–Crippen LogP) is 14.8. The van der Waals surface area contributed by atoms with Crippen LogP contribution in [0.25, 0.3) is 75.1 Å². The van der Waals surface area contributed by atoms with Crippen molar-refractivity contribution in [1.82, 2.24) is 0 Å². The van der Waals surface area contributed by atoms with Crippen LogP contribution in [0.5, 0.6) is 0 Å². The summed E-state index contributed by atoms with van der Waals surface area (Å²) in [7, 11) is 0. The van der Waals surface area contributed by atoms with Crippen LogP contribution in [0.4, 0.5) is 17.1 Å². The van der Waals surface area contributed by atoms with Gasteiger partial charge in [-0.05, 0) is 103 Å². The minimum absolute atomic E-state index is 1.11. The molecule has 52 heavy (non-hydrogen) atoms. The first-order chi connectivity index (χ1) is 25.8. The molecule has 9 aromatic carbocycles. The summed E-state index contributed by atoms with van der Waals surface area (Å²) in [6.07, 6.45) is 0. The van der Waals surface area contributed by atoms with Gasteiger partial charge in [-0.15, -0.1) is 11.3 Å². The Bertz CT molecular complexity index is 2770. The Balaban J connectivity index is 1.11. The third-order valence-electron chi connectivity index (χ3n) is 10.3. The Morgan fingerprint density at radius 3 is 1.42 bits per heavy atom. The Kier molecular flexibility index (Phi) is 7.41. The van der Waals surface area contributed by atoms with E-state index in [2.05, 4.69) is 205 Å². The summed E-state index contributed by atoms with van der Waals surface area (Å²) in [5, 5.41) is 7.67. The van der Waals surface area contributed by atoms with Crippen molar-refractivity contribution in [1.29, 1.82) is 0 Å². The van der Waals surface area contributed by atoms with E-state index in [-0.39, 0.29) is 0 Å². The van der Waals surface area contributed by atoms with E-state index in [9.17, 15) is 0 Å². The summed E-state index contributed by atoms with van der Waals surface area (Å²) >= 11 is 1.86. The molecule has 0 fully saturated rings. The Morgan fingerprint density at radius 2 is 0.788 bits per heavy atom. The van der Waals surface area contributed by atoms with Crippen LogP contribution in [0.2, 0.25) is 0 Å². The molecule has 10 aromatic rings. The van der Waals surface area contributed by atoms with Gasteiger partial charge in [0.2, 0.25) is 0 Å². The van der Waals surface area contributed by atoms with Crippen LogP contribution < -0.4 is 4.90 Å². The van der Waals surface area contributed by atoms with Gasteiger partial charge < -0.3 is 4.90 Å². The summed E-state index contributed by atoms with van der Waals surface area (Å²) in [5.74, 6) is 0. The largest absolute Gasteiger partial charge is 0.310 e. The minimum Gasteiger partial charge on any atom is -0.310 e. The molecule has 0 saturated carbocycles. The van der Waals surface area contributed by atoms with Crippen molar-refractivity contribution in [3.05, 3.63) is 200 Å². The zero-order valence-corrected chi connectivity index (χ0v) is 29.2. The van der Waals surface area contributed by atoms with E-state index >= 15 is 0 Å². The number of anilines is 3. The van der Waals surface area contributed by atoms with E-state index in [0.29, 0.717) is 0 Å². The van der Waals surface area contributed by atoms with Gasteiger partial charge in [-0.3, -0.25) is 0 Å². The number of rotatable bonds is 6. The molecule has 0 radical (unpaired) electrons. The first-order valence-corrected chi connectivity index (χ1v) is 18.6. The van der Waals surface area contributed by atoms with Gasteiger partial charge >= 0.3 is 0 Å². The summed E-state index contributed by atoms with van der Waals surface area (Å²) < 4.78 is 2.63. The fourth-order valence-corrected chi connectivity index (χ4v) is 8.94. The molecule has 0 aliphatic rings. The lowest BCUT2D eigenvalue weighted by Gasteiger charge is -2.26. The molecule has 0 aliphatic carbocycles. The van der Waals surface area contributed by atoms with Crippen LogP contribution in [0.15, 0.2) is 200 Å². The van der Waals surface area contributed by atoms with E-state index in [1.807, 2.05) is 11.3 Å². The van der Waals surface area contributed by atoms with Crippen molar-refractivity contribution < 1.29 is 0 Å². The van der Waals surface area contributed by atoms with E-state index in [4.69, 9.17) is 0 Å². The van der Waals surface area contributed by atoms with E-state index < -0.39 is 0 Å². The van der Waals surface area contributed by atoms with Crippen LogP contribution in [-0.2, 0) is 0 Å². The number of hydrogen-bond donors (Lipinski definition) is 0. The molecule has 0 atom stereocenters. The molecular weight excluding hydrogens is 647 g/mol. The maximum Gasteiger partial charge on any atom is 0.0467 e. The van der Waals surface area contributed by atoms with Crippen LogP contribution in [0, 0.1) is 0 Å². The van der Waals surface area contributed by atoms with Crippen molar-refractivity contribution in [3.63, 3.8) is 0 Å². The molecule has 0 saturated heterocycles. The van der Waals surface area contributed by atoms with Gasteiger partial charge in [-0.25, -0.2) is 0 Å². The molecular formula is C50H33NS. The highest BCUT2D eigenvalue weighted by atomic mass is 32.1. The molecule has 1 nitrogen and oxygen atoms in total. The van der Waals surface area contributed by atoms with Crippen molar-refractivity contribution in [3.8, 4) is 33.4 Å².